The van der Waals surface area contributed by atoms with E-state index in [9.17, 15) is 18.4 Å². The van der Waals surface area contributed by atoms with Gasteiger partial charge in [-0.05, 0) is 19.1 Å². The molecule has 132 valence electrons. The van der Waals surface area contributed by atoms with E-state index in [-0.39, 0.29) is 11.8 Å². The van der Waals surface area contributed by atoms with Crippen LogP contribution in [0.4, 0.5) is 14.5 Å². The van der Waals surface area contributed by atoms with E-state index >= 15 is 0 Å². The van der Waals surface area contributed by atoms with Crippen LogP contribution in [0.2, 0.25) is 0 Å². The fourth-order valence-electron chi connectivity index (χ4n) is 2.71. The van der Waals surface area contributed by atoms with Crippen LogP contribution in [0.3, 0.4) is 0 Å². The molecule has 1 atom stereocenters. The van der Waals surface area contributed by atoms with E-state index in [0.717, 1.165) is 12.1 Å². The second-order valence-corrected chi connectivity index (χ2v) is 6.28. The summed E-state index contributed by atoms with van der Waals surface area (Å²) < 4.78 is 27.2. The number of halogens is 2. The van der Waals surface area contributed by atoms with Gasteiger partial charge in [-0.15, -0.1) is 0 Å². The number of benzene rings is 1. The molecule has 1 aromatic rings. The Labute approximate surface area is 140 Å². The monoisotopic (exact) mass is 339 g/mol. The first kappa shape index (κ1) is 18.3. The van der Waals surface area contributed by atoms with Gasteiger partial charge in [0, 0.05) is 32.1 Å². The van der Waals surface area contributed by atoms with E-state index in [2.05, 4.69) is 5.32 Å². The van der Waals surface area contributed by atoms with Gasteiger partial charge in [0.25, 0.3) is 0 Å². The number of carbonyl (C=O) groups excluding carboxylic acids is 2. The van der Waals surface area contributed by atoms with Crippen LogP contribution in [-0.2, 0) is 9.59 Å². The fraction of sp³-hybridized carbons (Fsp3) is 0.529. The highest BCUT2D eigenvalue weighted by Gasteiger charge is 2.28. The van der Waals surface area contributed by atoms with Crippen molar-refractivity contribution in [2.24, 2.45) is 5.92 Å². The zero-order valence-corrected chi connectivity index (χ0v) is 14.2. The molecule has 0 bridgehead atoms. The SMILES string of the molecule is CC(C)C(=O)N1CCN(C(C)C(=O)Nc2c(F)cccc2F)CC1. The van der Waals surface area contributed by atoms with E-state index in [0.29, 0.717) is 26.2 Å². The summed E-state index contributed by atoms with van der Waals surface area (Å²) in [5.41, 5.74) is -0.428. The molecular formula is C17H23F2N3O2. The van der Waals surface area contributed by atoms with E-state index in [1.165, 1.54) is 6.07 Å². The Morgan fingerprint density at radius 1 is 1.04 bits per heavy atom. The number of amides is 2. The number of anilines is 1. The second-order valence-electron chi connectivity index (χ2n) is 6.28. The predicted octanol–water partition coefficient (Wildman–Crippen LogP) is 2.09. The second kappa shape index (κ2) is 7.70. The summed E-state index contributed by atoms with van der Waals surface area (Å²) in [5.74, 6) is -2.03. The van der Waals surface area contributed by atoms with E-state index in [1.807, 2.05) is 18.7 Å². The molecule has 1 aromatic carbocycles. The van der Waals surface area contributed by atoms with Gasteiger partial charge in [0.05, 0.1) is 6.04 Å². The average Bonchev–Trinajstić information content (AvgIpc) is 2.56. The summed E-state index contributed by atoms with van der Waals surface area (Å²) >= 11 is 0. The minimum atomic E-state index is -0.803. The van der Waals surface area contributed by atoms with Crippen LogP contribution in [-0.4, -0.2) is 53.8 Å². The maximum atomic E-state index is 13.6. The Morgan fingerprint density at radius 2 is 1.58 bits per heavy atom. The molecule has 0 spiro atoms. The molecule has 24 heavy (non-hydrogen) atoms. The largest absolute Gasteiger partial charge is 0.340 e. The van der Waals surface area contributed by atoms with Gasteiger partial charge < -0.3 is 10.2 Å². The van der Waals surface area contributed by atoms with Gasteiger partial charge in [0.1, 0.15) is 17.3 Å². The topological polar surface area (TPSA) is 52.7 Å². The maximum absolute atomic E-state index is 13.6. The van der Waals surface area contributed by atoms with E-state index in [4.69, 9.17) is 0 Å². The first-order chi connectivity index (χ1) is 11.3. The number of rotatable bonds is 4. The normalized spacial score (nSPS) is 17.0. The lowest BCUT2D eigenvalue weighted by Gasteiger charge is -2.38. The molecule has 1 aliphatic rings. The van der Waals surface area contributed by atoms with E-state index in [1.54, 1.807) is 11.8 Å². The van der Waals surface area contributed by atoms with Crippen LogP contribution in [0.25, 0.3) is 0 Å². The summed E-state index contributed by atoms with van der Waals surface area (Å²) in [6, 6.07) is 2.90. The number of hydrogen-bond donors (Lipinski definition) is 1. The molecule has 1 fully saturated rings. The number of hydrogen-bond acceptors (Lipinski definition) is 3. The van der Waals surface area contributed by atoms with Gasteiger partial charge in [0.15, 0.2) is 0 Å². The van der Waals surface area contributed by atoms with Crippen molar-refractivity contribution in [3.8, 4) is 0 Å². The van der Waals surface area contributed by atoms with Crippen molar-refractivity contribution in [1.29, 1.82) is 0 Å². The van der Waals surface area contributed by atoms with Crippen molar-refractivity contribution in [3.05, 3.63) is 29.8 Å². The summed E-state index contributed by atoms with van der Waals surface area (Å²) in [4.78, 5) is 27.9. The number of nitrogens with one attached hydrogen (secondary N) is 1. The van der Waals surface area contributed by atoms with Gasteiger partial charge in [0.2, 0.25) is 11.8 Å². The van der Waals surface area contributed by atoms with Crippen LogP contribution in [0, 0.1) is 17.6 Å². The highest BCUT2D eigenvalue weighted by molar-refractivity contribution is 5.94. The molecule has 1 unspecified atom stereocenters. The Kier molecular flexibility index (Phi) is 5.88. The lowest BCUT2D eigenvalue weighted by Crippen LogP contribution is -2.54. The number of nitrogens with zero attached hydrogens (tertiary/aromatic N) is 2. The van der Waals surface area contributed by atoms with Gasteiger partial charge >= 0.3 is 0 Å². The van der Waals surface area contributed by atoms with Gasteiger partial charge in [-0.2, -0.15) is 0 Å². The summed E-state index contributed by atoms with van der Waals surface area (Å²) in [7, 11) is 0. The third kappa shape index (κ3) is 4.08. The zero-order valence-electron chi connectivity index (χ0n) is 14.2. The lowest BCUT2D eigenvalue weighted by atomic mass is 10.1. The highest BCUT2D eigenvalue weighted by atomic mass is 19.1. The first-order valence-corrected chi connectivity index (χ1v) is 8.09. The molecule has 2 amide bonds. The highest BCUT2D eigenvalue weighted by Crippen LogP contribution is 2.19. The van der Waals surface area contributed by atoms with Crippen molar-refractivity contribution >= 4 is 17.5 Å². The van der Waals surface area contributed by atoms with Crippen LogP contribution in [0.15, 0.2) is 18.2 Å². The quantitative estimate of drug-likeness (QED) is 0.914. The van der Waals surface area contributed by atoms with Gasteiger partial charge in [-0.3, -0.25) is 14.5 Å². The lowest BCUT2D eigenvalue weighted by molar-refractivity contribution is -0.136. The molecule has 2 rings (SSSR count). The molecule has 1 aliphatic heterocycles. The average molecular weight is 339 g/mol. The smallest absolute Gasteiger partial charge is 0.241 e. The third-order valence-electron chi connectivity index (χ3n) is 4.26. The van der Waals surface area contributed by atoms with Crippen LogP contribution >= 0.6 is 0 Å². The summed E-state index contributed by atoms with van der Waals surface area (Å²) in [6.07, 6.45) is 0. The molecule has 1 saturated heterocycles. The van der Waals surface area contributed by atoms with Crippen LogP contribution in [0.1, 0.15) is 20.8 Å². The van der Waals surface area contributed by atoms with Crippen molar-refractivity contribution in [3.63, 3.8) is 0 Å². The van der Waals surface area contributed by atoms with Crippen molar-refractivity contribution < 1.29 is 18.4 Å². The molecule has 0 aromatic heterocycles. The van der Waals surface area contributed by atoms with Crippen molar-refractivity contribution in [2.45, 2.75) is 26.8 Å². The van der Waals surface area contributed by atoms with E-state index < -0.39 is 29.3 Å². The minimum Gasteiger partial charge on any atom is -0.340 e. The third-order valence-corrected chi connectivity index (χ3v) is 4.26. The Morgan fingerprint density at radius 3 is 2.08 bits per heavy atom. The summed E-state index contributed by atoms with van der Waals surface area (Å²) in [6.45, 7) is 7.58. The Hall–Kier alpha value is -2.02. The van der Waals surface area contributed by atoms with Gasteiger partial charge in [-0.25, -0.2) is 8.78 Å². The zero-order chi connectivity index (χ0) is 17.9. The molecule has 7 heteroatoms. The Balaban J connectivity index is 1.94. The van der Waals surface area contributed by atoms with Crippen LogP contribution < -0.4 is 5.32 Å². The molecule has 0 radical (unpaired) electrons. The molecular weight excluding hydrogens is 316 g/mol. The number of piperazine rings is 1. The first-order valence-electron chi connectivity index (χ1n) is 8.09. The Bertz CT molecular complexity index is 594. The standard InChI is InChI=1S/C17H23F2N3O2/c1-11(2)17(24)22-9-7-21(8-10-22)12(3)16(23)20-15-13(18)5-4-6-14(15)19/h4-6,11-12H,7-10H2,1-3H3,(H,20,23). The molecule has 0 aliphatic carbocycles. The molecule has 5 nitrogen and oxygen atoms in total. The summed E-state index contributed by atoms with van der Waals surface area (Å²) in [5, 5.41) is 2.32. The molecule has 1 heterocycles. The number of para-hydroxylation sites is 1. The van der Waals surface area contributed by atoms with Gasteiger partial charge in [-0.1, -0.05) is 19.9 Å². The van der Waals surface area contributed by atoms with Crippen LogP contribution in [0.5, 0.6) is 0 Å². The van der Waals surface area contributed by atoms with Crippen molar-refractivity contribution in [1.82, 2.24) is 9.80 Å². The number of carbonyl (C=O) groups is 2. The molecule has 0 saturated carbocycles. The molecule has 1 N–H and O–H groups in total. The predicted molar refractivity (Wildman–Crippen MR) is 87.4 cm³/mol. The minimum absolute atomic E-state index is 0.0543. The maximum Gasteiger partial charge on any atom is 0.241 e. The van der Waals surface area contributed by atoms with Crippen molar-refractivity contribution in [2.75, 3.05) is 31.5 Å². The fourth-order valence-corrected chi connectivity index (χ4v) is 2.71.